The molecule has 0 unspecified atom stereocenters. The van der Waals surface area contributed by atoms with Gasteiger partial charge in [0, 0.05) is 6.92 Å². The number of fused-ring (bicyclic) bond motifs is 1. The van der Waals surface area contributed by atoms with Crippen molar-refractivity contribution < 1.29 is 9.63 Å². The maximum atomic E-state index is 11.1. The monoisotopic (exact) mass is 267 g/mol. The van der Waals surface area contributed by atoms with Gasteiger partial charge in [-0.15, -0.1) is 0 Å². The number of nitrogens with zero attached hydrogens (tertiary/aromatic N) is 2. The number of carbonyl (C=O) groups excluding carboxylic acids is 1. The van der Waals surface area contributed by atoms with Crippen LogP contribution in [0.5, 0.6) is 0 Å². The lowest BCUT2D eigenvalue weighted by molar-refractivity contribution is -0.114. The van der Waals surface area contributed by atoms with E-state index in [2.05, 4.69) is 29.3 Å². The van der Waals surface area contributed by atoms with Gasteiger partial charge in [0.25, 0.3) is 0 Å². The highest BCUT2D eigenvalue weighted by atomic mass is 32.1. The Morgan fingerprint density at radius 3 is 2.83 bits per heavy atom. The second-order valence-corrected chi connectivity index (χ2v) is 6.21. The van der Waals surface area contributed by atoms with Crippen LogP contribution in [0.3, 0.4) is 0 Å². The smallest absolute Gasteiger partial charge is 0.223 e. The zero-order valence-electron chi connectivity index (χ0n) is 11.0. The van der Waals surface area contributed by atoms with Crippen LogP contribution < -0.4 is 5.32 Å². The fraction of sp³-hybridized carbons (Fsp3) is 0.583. The lowest BCUT2D eigenvalue weighted by Crippen LogP contribution is -2.26. The molecular weight excluding hydrogens is 250 g/mol. The standard InChI is InChI=1S/C12H17N3O2S/c1-7(16)13-11-14-8-5-12(2,3)6-9(15-17-4)10(8)18-11/h5-6H2,1-4H3,(H,13,14,16)/b15-9-. The van der Waals surface area contributed by atoms with E-state index >= 15 is 0 Å². The molecule has 0 aromatic carbocycles. The molecule has 1 N–H and O–H groups in total. The number of thiazole rings is 1. The van der Waals surface area contributed by atoms with Gasteiger partial charge in [0.15, 0.2) is 5.13 Å². The van der Waals surface area contributed by atoms with Gasteiger partial charge in [-0.2, -0.15) is 0 Å². The average Bonchev–Trinajstić information content (AvgIpc) is 2.57. The van der Waals surface area contributed by atoms with E-state index in [-0.39, 0.29) is 11.3 Å². The first kappa shape index (κ1) is 13.0. The van der Waals surface area contributed by atoms with E-state index in [1.807, 2.05) is 0 Å². The van der Waals surface area contributed by atoms with Crippen LogP contribution in [0.15, 0.2) is 5.16 Å². The van der Waals surface area contributed by atoms with Crippen molar-refractivity contribution in [1.29, 1.82) is 0 Å². The number of nitrogens with one attached hydrogen (secondary N) is 1. The number of hydrogen-bond acceptors (Lipinski definition) is 5. The number of anilines is 1. The van der Waals surface area contributed by atoms with Gasteiger partial charge in [-0.3, -0.25) is 4.79 Å². The highest BCUT2D eigenvalue weighted by Crippen LogP contribution is 2.38. The van der Waals surface area contributed by atoms with E-state index in [0.717, 1.165) is 29.1 Å². The van der Waals surface area contributed by atoms with Crippen molar-refractivity contribution in [3.05, 3.63) is 10.6 Å². The minimum Gasteiger partial charge on any atom is -0.399 e. The highest BCUT2D eigenvalue weighted by molar-refractivity contribution is 7.17. The molecule has 1 heterocycles. The van der Waals surface area contributed by atoms with Crippen LogP contribution in [0.2, 0.25) is 0 Å². The first-order chi connectivity index (χ1) is 8.41. The average molecular weight is 267 g/mol. The molecule has 0 bridgehead atoms. The fourth-order valence-corrected chi connectivity index (χ4v) is 3.14. The van der Waals surface area contributed by atoms with Crippen molar-refractivity contribution in [2.75, 3.05) is 12.4 Å². The number of aromatic nitrogens is 1. The van der Waals surface area contributed by atoms with E-state index in [9.17, 15) is 4.79 Å². The fourth-order valence-electron chi connectivity index (χ4n) is 2.13. The topological polar surface area (TPSA) is 63.6 Å². The Kier molecular flexibility index (Phi) is 3.38. The van der Waals surface area contributed by atoms with Crippen LogP contribution in [0, 0.1) is 5.41 Å². The van der Waals surface area contributed by atoms with Crippen LogP contribution in [0.1, 0.15) is 37.8 Å². The van der Waals surface area contributed by atoms with Crippen LogP contribution in [0.25, 0.3) is 0 Å². The summed E-state index contributed by atoms with van der Waals surface area (Å²) < 4.78 is 0. The third-order valence-corrected chi connectivity index (χ3v) is 3.80. The summed E-state index contributed by atoms with van der Waals surface area (Å²) in [5.41, 5.74) is 2.03. The maximum absolute atomic E-state index is 11.1. The molecule has 0 spiro atoms. The normalized spacial score (nSPS) is 19.4. The Labute approximate surface area is 110 Å². The van der Waals surface area contributed by atoms with Crippen molar-refractivity contribution in [3.8, 4) is 0 Å². The number of oxime groups is 1. The van der Waals surface area contributed by atoms with Crippen molar-refractivity contribution in [1.82, 2.24) is 4.98 Å². The number of rotatable bonds is 2. The van der Waals surface area contributed by atoms with Crippen molar-refractivity contribution in [2.24, 2.45) is 10.6 Å². The quantitative estimate of drug-likeness (QED) is 0.837. The minimum atomic E-state index is -0.106. The molecule has 0 atom stereocenters. The first-order valence-corrected chi connectivity index (χ1v) is 6.60. The maximum Gasteiger partial charge on any atom is 0.223 e. The van der Waals surface area contributed by atoms with Gasteiger partial charge >= 0.3 is 0 Å². The Balaban J connectivity index is 2.39. The van der Waals surface area contributed by atoms with Gasteiger partial charge in [-0.05, 0) is 18.3 Å². The summed E-state index contributed by atoms with van der Waals surface area (Å²) in [6.45, 7) is 5.84. The second-order valence-electron chi connectivity index (χ2n) is 5.21. The first-order valence-electron chi connectivity index (χ1n) is 5.79. The zero-order valence-corrected chi connectivity index (χ0v) is 11.8. The molecule has 1 aromatic heterocycles. The summed E-state index contributed by atoms with van der Waals surface area (Å²) in [5, 5.41) is 7.45. The lowest BCUT2D eigenvalue weighted by atomic mass is 9.78. The van der Waals surface area contributed by atoms with Crippen molar-refractivity contribution in [2.45, 2.75) is 33.6 Å². The molecule has 1 aliphatic rings. The summed E-state index contributed by atoms with van der Waals surface area (Å²) in [7, 11) is 1.55. The molecule has 1 aromatic rings. The molecule has 5 nitrogen and oxygen atoms in total. The number of carbonyl (C=O) groups is 1. The van der Waals surface area contributed by atoms with Crippen LogP contribution in [-0.2, 0) is 16.1 Å². The molecule has 0 aliphatic heterocycles. The Hall–Kier alpha value is -1.43. The molecular formula is C12H17N3O2S. The highest BCUT2D eigenvalue weighted by Gasteiger charge is 2.33. The minimum absolute atomic E-state index is 0.106. The number of hydrogen-bond donors (Lipinski definition) is 1. The molecule has 2 rings (SSSR count). The molecule has 0 radical (unpaired) electrons. The molecule has 1 aliphatic carbocycles. The summed E-state index contributed by atoms with van der Waals surface area (Å²) in [6, 6.07) is 0. The van der Waals surface area contributed by atoms with Gasteiger partial charge in [0.1, 0.15) is 7.11 Å². The van der Waals surface area contributed by atoms with E-state index < -0.39 is 0 Å². The third-order valence-electron chi connectivity index (χ3n) is 2.74. The summed E-state index contributed by atoms with van der Waals surface area (Å²) >= 11 is 1.46. The Morgan fingerprint density at radius 1 is 1.50 bits per heavy atom. The van der Waals surface area contributed by atoms with Gasteiger partial charge in [-0.25, -0.2) is 4.98 Å². The Morgan fingerprint density at radius 2 is 2.22 bits per heavy atom. The molecule has 0 fully saturated rings. The van der Waals surface area contributed by atoms with Crippen LogP contribution in [-0.4, -0.2) is 23.7 Å². The molecule has 1 amide bonds. The van der Waals surface area contributed by atoms with Crippen LogP contribution >= 0.6 is 11.3 Å². The predicted octanol–water partition coefficient (Wildman–Crippen LogP) is 2.42. The summed E-state index contributed by atoms with van der Waals surface area (Å²) in [5.74, 6) is -0.106. The summed E-state index contributed by atoms with van der Waals surface area (Å²) in [6.07, 6.45) is 1.75. The Bertz CT molecular complexity index is 505. The van der Waals surface area contributed by atoms with Crippen LogP contribution in [0.4, 0.5) is 5.13 Å². The molecule has 6 heteroatoms. The predicted molar refractivity (Wildman–Crippen MR) is 72.1 cm³/mol. The van der Waals surface area contributed by atoms with E-state index in [4.69, 9.17) is 4.84 Å². The number of amides is 1. The SMILES string of the molecule is CO/N=C1/CC(C)(C)Cc2nc(NC(C)=O)sc21. The van der Waals surface area contributed by atoms with Gasteiger partial charge < -0.3 is 10.2 Å². The van der Waals surface area contributed by atoms with Crippen molar-refractivity contribution >= 4 is 28.1 Å². The van der Waals surface area contributed by atoms with E-state index in [1.165, 1.54) is 18.3 Å². The van der Waals surface area contributed by atoms with Crippen molar-refractivity contribution in [3.63, 3.8) is 0 Å². The summed E-state index contributed by atoms with van der Waals surface area (Å²) in [4.78, 5) is 21.5. The third kappa shape index (κ3) is 2.69. The van der Waals surface area contributed by atoms with E-state index in [1.54, 1.807) is 7.11 Å². The molecule has 0 saturated heterocycles. The zero-order chi connectivity index (χ0) is 13.3. The molecule has 98 valence electrons. The lowest BCUT2D eigenvalue weighted by Gasteiger charge is -2.28. The second kappa shape index (κ2) is 4.68. The van der Waals surface area contributed by atoms with Gasteiger partial charge in [0.2, 0.25) is 5.91 Å². The van der Waals surface area contributed by atoms with E-state index in [0.29, 0.717) is 5.13 Å². The largest absolute Gasteiger partial charge is 0.399 e. The van der Waals surface area contributed by atoms with Gasteiger partial charge in [-0.1, -0.05) is 30.3 Å². The molecule has 0 saturated carbocycles. The van der Waals surface area contributed by atoms with Gasteiger partial charge in [0.05, 0.1) is 16.3 Å². The molecule has 18 heavy (non-hydrogen) atoms.